The Bertz CT molecular complexity index is 822. The van der Waals surface area contributed by atoms with Crippen LogP contribution in [-0.2, 0) is 12.7 Å². The second-order valence-electron chi connectivity index (χ2n) is 4.69. The summed E-state index contributed by atoms with van der Waals surface area (Å²) in [5.41, 5.74) is 2.59. The topological polar surface area (TPSA) is 68.0 Å². The van der Waals surface area contributed by atoms with Crippen molar-refractivity contribution in [2.45, 2.75) is 26.6 Å². The Morgan fingerprint density at radius 1 is 1.27 bits per heavy atom. The maximum absolute atomic E-state index is 12.5. The minimum Gasteiger partial charge on any atom is -0.354 e. The molecule has 3 aromatic rings. The van der Waals surface area contributed by atoms with Crippen molar-refractivity contribution in [1.29, 1.82) is 0 Å². The lowest BCUT2D eigenvalue weighted by atomic mass is 10.3. The normalized spacial score (nSPS) is 12.0. The zero-order valence-electron chi connectivity index (χ0n) is 11.6. The predicted octanol–water partition coefficient (Wildman–Crippen LogP) is 2.83. The molecular formula is C12H11F3N6S. The van der Waals surface area contributed by atoms with Gasteiger partial charge >= 0.3 is 6.18 Å². The smallest absolute Gasteiger partial charge is 0.354 e. The van der Waals surface area contributed by atoms with Gasteiger partial charge in [-0.25, -0.2) is 9.97 Å². The van der Waals surface area contributed by atoms with Crippen LogP contribution in [-0.4, -0.2) is 24.6 Å². The zero-order valence-corrected chi connectivity index (χ0v) is 12.5. The van der Waals surface area contributed by atoms with Crippen LogP contribution in [0.5, 0.6) is 0 Å². The highest BCUT2D eigenvalue weighted by molar-refractivity contribution is 7.15. The third-order valence-electron chi connectivity index (χ3n) is 2.95. The molecule has 0 bridgehead atoms. The van der Waals surface area contributed by atoms with E-state index in [2.05, 4.69) is 25.5 Å². The summed E-state index contributed by atoms with van der Waals surface area (Å²) in [4.78, 5) is 8.49. The summed E-state index contributed by atoms with van der Waals surface area (Å²) < 4.78 is 39.3. The number of hydrogen-bond acceptors (Lipinski definition) is 6. The standard InChI is InChI=1S/C12H11F3N6S/c1-6-3-7(2)21-8(4-16-10(21)18-6)5-17-11-20-19-9(22-11)12(13,14)15/h3-4H,5H2,1-2H3,(H,17,20). The van der Waals surface area contributed by atoms with Crippen LogP contribution in [0.4, 0.5) is 18.3 Å². The number of rotatable bonds is 3. The van der Waals surface area contributed by atoms with Crippen LogP contribution >= 0.6 is 11.3 Å². The summed E-state index contributed by atoms with van der Waals surface area (Å²) in [7, 11) is 0. The largest absolute Gasteiger partial charge is 0.445 e. The number of aromatic nitrogens is 5. The number of aryl methyl sites for hydroxylation is 2. The second kappa shape index (κ2) is 5.20. The van der Waals surface area contributed by atoms with Crippen molar-refractivity contribution in [3.8, 4) is 0 Å². The van der Waals surface area contributed by atoms with Gasteiger partial charge < -0.3 is 5.32 Å². The van der Waals surface area contributed by atoms with Crippen molar-refractivity contribution in [3.63, 3.8) is 0 Å². The molecule has 3 aromatic heterocycles. The number of alkyl halides is 3. The minimum absolute atomic E-state index is 0.111. The fourth-order valence-electron chi connectivity index (χ4n) is 2.10. The summed E-state index contributed by atoms with van der Waals surface area (Å²) in [5.74, 6) is 0.558. The summed E-state index contributed by atoms with van der Waals surface area (Å²) in [6, 6.07) is 1.91. The summed E-state index contributed by atoms with van der Waals surface area (Å²) in [5, 5.41) is 8.59. The van der Waals surface area contributed by atoms with E-state index >= 15 is 0 Å². The SMILES string of the molecule is Cc1cc(C)n2c(CNc3nnc(C(F)(F)F)s3)cnc2n1. The molecule has 10 heteroatoms. The molecular weight excluding hydrogens is 317 g/mol. The van der Waals surface area contributed by atoms with Gasteiger partial charge in [-0.2, -0.15) is 13.2 Å². The molecule has 0 aromatic carbocycles. The van der Waals surface area contributed by atoms with E-state index < -0.39 is 11.2 Å². The monoisotopic (exact) mass is 328 g/mol. The molecule has 0 spiro atoms. The molecule has 22 heavy (non-hydrogen) atoms. The molecule has 3 rings (SSSR count). The first-order valence-electron chi connectivity index (χ1n) is 6.30. The van der Waals surface area contributed by atoms with Crippen LogP contribution in [0.25, 0.3) is 5.78 Å². The number of nitrogens with one attached hydrogen (secondary N) is 1. The molecule has 3 heterocycles. The van der Waals surface area contributed by atoms with Crippen LogP contribution in [0.1, 0.15) is 22.1 Å². The number of imidazole rings is 1. The molecule has 0 atom stereocenters. The van der Waals surface area contributed by atoms with Gasteiger partial charge in [0.15, 0.2) is 0 Å². The number of hydrogen-bond donors (Lipinski definition) is 1. The van der Waals surface area contributed by atoms with Crippen LogP contribution in [0.15, 0.2) is 12.3 Å². The van der Waals surface area contributed by atoms with Gasteiger partial charge in [0.25, 0.3) is 0 Å². The summed E-state index contributed by atoms with van der Waals surface area (Å²) in [6.45, 7) is 4.07. The molecule has 6 nitrogen and oxygen atoms in total. The lowest BCUT2D eigenvalue weighted by molar-refractivity contribution is -0.138. The fourth-order valence-corrected chi connectivity index (χ4v) is 2.70. The molecule has 0 aliphatic carbocycles. The van der Waals surface area contributed by atoms with Gasteiger partial charge in [-0.15, -0.1) is 10.2 Å². The first-order valence-corrected chi connectivity index (χ1v) is 7.11. The summed E-state index contributed by atoms with van der Waals surface area (Å²) >= 11 is 0.470. The highest BCUT2D eigenvalue weighted by Crippen LogP contribution is 2.33. The first kappa shape index (κ1) is 14.7. The fraction of sp³-hybridized carbons (Fsp3) is 0.333. The van der Waals surface area contributed by atoms with E-state index in [1.165, 1.54) is 0 Å². The quantitative estimate of drug-likeness (QED) is 0.801. The zero-order chi connectivity index (χ0) is 15.9. The average Bonchev–Trinajstić information content (AvgIpc) is 3.01. The minimum atomic E-state index is -4.47. The maximum Gasteiger partial charge on any atom is 0.445 e. The van der Waals surface area contributed by atoms with Gasteiger partial charge in [0.05, 0.1) is 18.4 Å². The Morgan fingerprint density at radius 3 is 2.73 bits per heavy atom. The Labute approximate surface area is 127 Å². The van der Waals surface area contributed by atoms with E-state index in [0.717, 1.165) is 17.1 Å². The van der Waals surface area contributed by atoms with Gasteiger partial charge in [0.1, 0.15) is 0 Å². The lowest BCUT2D eigenvalue weighted by Gasteiger charge is -2.06. The third-order valence-corrected chi connectivity index (χ3v) is 3.88. The van der Waals surface area contributed by atoms with Crippen molar-refractivity contribution < 1.29 is 13.2 Å². The third kappa shape index (κ3) is 2.73. The van der Waals surface area contributed by atoms with Crippen LogP contribution in [0.2, 0.25) is 0 Å². The van der Waals surface area contributed by atoms with Crippen LogP contribution in [0, 0.1) is 13.8 Å². The van der Waals surface area contributed by atoms with Crippen LogP contribution in [0.3, 0.4) is 0 Å². The lowest BCUT2D eigenvalue weighted by Crippen LogP contribution is -2.05. The van der Waals surface area contributed by atoms with Crippen molar-refractivity contribution in [2.24, 2.45) is 0 Å². The first-order chi connectivity index (χ1) is 10.3. The van der Waals surface area contributed by atoms with E-state index in [1.54, 1.807) is 6.20 Å². The van der Waals surface area contributed by atoms with Gasteiger partial charge in [-0.1, -0.05) is 11.3 Å². The Hall–Kier alpha value is -2.23. The molecule has 0 saturated carbocycles. The molecule has 0 unspecified atom stereocenters. The Morgan fingerprint density at radius 2 is 2.05 bits per heavy atom. The van der Waals surface area contributed by atoms with Gasteiger partial charge in [0, 0.05) is 11.4 Å². The molecule has 0 amide bonds. The molecule has 0 radical (unpaired) electrons. The molecule has 0 aliphatic rings. The number of anilines is 1. The van der Waals surface area contributed by atoms with Crippen molar-refractivity contribution in [3.05, 3.63) is 34.4 Å². The van der Waals surface area contributed by atoms with Gasteiger partial charge in [-0.3, -0.25) is 4.40 Å². The van der Waals surface area contributed by atoms with E-state index in [1.807, 2.05) is 24.3 Å². The highest BCUT2D eigenvalue weighted by atomic mass is 32.1. The Kier molecular flexibility index (Phi) is 3.47. The molecule has 0 saturated heterocycles. The number of nitrogens with zero attached hydrogens (tertiary/aromatic N) is 5. The van der Waals surface area contributed by atoms with Crippen LogP contribution < -0.4 is 5.32 Å². The molecule has 1 N–H and O–H groups in total. The van der Waals surface area contributed by atoms with E-state index in [9.17, 15) is 13.2 Å². The van der Waals surface area contributed by atoms with Crippen molar-refractivity contribution in [2.75, 3.05) is 5.32 Å². The van der Waals surface area contributed by atoms with E-state index in [-0.39, 0.29) is 11.7 Å². The molecule has 0 aliphatic heterocycles. The van der Waals surface area contributed by atoms with Crippen molar-refractivity contribution >= 4 is 22.2 Å². The summed E-state index contributed by atoms with van der Waals surface area (Å²) in [6.07, 6.45) is -2.84. The number of fused-ring (bicyclic) bond motifs is 1. The number of halogens is 3. The van der Waals surface area contributed by atoms with Gasteiger partial charge in [-0.05, 0) is 19.9 Å². The molecule has 0 fully saturated rings. The second-order valence-corrected chi connectivity index (χ2v) is 5.67. The van der Waals surface area contributed by atoms with Gasteiger partial charge in [0.2, 0.25) is 15.9 Å². The van der Waals surface area contributed by atoms with E-state index in [0.29, 0.717) is 17.1 Å². The Balaban J connectivity index is 1.81. The van der Waals surface area contributed by atoms with E-state index in [4.69, 9.17) is 0 Å². The molecule has 116 valence electrons. The highest BCUT2D eigenvalue weighted by Gasteiger charge is 2.35. The maximum atomic E-state index is 12.5. The predicted molar refractivity (Wildman–Crippen MR) is 74.7 cm³/mol. The van der Waals surface area contributed by atoms with Crippen molar-refractivity contribution in [1.82, 2.24) is 24.6 Å². The average molecular weight is 328 g/mol.